The van der Waals surface area contributed by atoms with Crippen molar-refractivity contribution in [3.63, 3.8) is 0 Å². The molecule has 2 saturated heterocycles. The summed E-state index contributed by atoms with van der Waals surface area (Å²) < 4.78 is 16.5. The number of carbonyl (C=O) groups is 2. The number of ether oxygens (including phenoxy) is 3. The molecule has 0 aliphatic carbocycles. The first-order valence-corrected chi connectivity index (χ1v) is 11.4. The number of hydrogen-bond acceptors (Lipinski definition) is 7. The molecule has 0 unspecified atom stereocenters. The van der Waals surface area contributed by atoms with Gasteiger partial charge in [0.25, 0.3) is 11.7 Å². The third-order valence-electron chi connectivity index (χ3n) is 6.15. The van der Waals surface area contributed by atoms with E-state index in [4.69, 9.17) is 25.8 Å². The number of amides is 1. The number of carbonyl (C=O) groups excluding carboxylic acids is 2. The predicted octanol–water partition coefficient (Wildman–Crippen LogP) is 3.11. The van der Waals surface area contributed by atoms with Crippen LogP contribution in [0.25, 0.3) is 5.76 Å². The van der Waals surface area contributed by atoms with E-state index in [2.05, 4.69) is 4.90 Å². The summed E-state index contributed by atoms with van der Waals surface area (Å²) >= 11 is 5.99. The molecule has 8 nitrogen and oxygen atoms in total. The lowest BCUT2D eigenvalue weighted by Gasteiger charge is -2.31. The van der Waals surface area contributed by atoms with Gasteiger partial charge in [0, 0.05) is 42.3 Å². The fourth-order valence-electron chi connectivity index (χ4n) is 4.40. The summed E-state index contributed by atoms with van der Waals surface area (Å²) in [6, 6.07) is 10.9. The maximum absolute atomic E-state index is 13.2. The number of para-hydroxylation sites is 1. The average molecular weight is 487 g/mol. The Bertz CT molecular complexity index is 1100. The van der Waals surface area contributed by atoms with E-state index in [1.165, 1.54) is 19.1 Å². The van der Waals surface area contributed by atoms with Gasteiger partial charge in [0.15, 0.2) is 11.5 Å². The van der Waals surface area contributed by atoms with E-state index in [0.717, 1.165) is 13.1 Å². The van der Waals surface area contributed by atoms with Gasteiger partial charge in [0.1, 0.15) is 5.76 Å². The number of Topliss-reactive ketones (excluding diaryl/α,β-unsaturated/α-hetero) is 1. The molecule has 0 spiro atoms. The normalized spacial score (nSPS) is 20.6. The summed E-state index contributed by atoms with van der Waals surface area (Å²) in [5, 5.41) is 11.7. The second-order valence-corrected chi connectivity index (χ2v) is 8.47. The molecule has 34 heavy (non-hydrogen) atoms. The second kappa shape index (κ2) is 10.5. The summed E-state index contributed by atoms with van der Waals surface area (Å²) in [5.41, 5.74) is 0.946. The van der Waals surface area contributed by atoms with Crippen LogP contribution in [-0.2, 0) is 14.3 Å². The minimum Gasteiger partial charge on any atom is -0.507 e. The molecule has 2 fully saturated rings. The van der Waals surface area contributed by atoms with Crippen LogP contribution in [0.15, 0.2) is 48.0 Å². The average Bonchev–Trinajstić information content (AvgIpc) is 3.12. The van der Waals surface area contributed by atoms with Gasteiger partial charge in [0.05, 0.1) is 39.0 Å². The maximum atomic E-state index is 13.2. The molecule has 0 bridgehead atoms. The van der Waals surface area contributed by atoms with Gasteiger partial charge in [-0.15, -0.1) is 0 Å². The zero-order chi connectivity index (χ0) is 24.2. The minimum atomic E-state index is -0.846. The maximum Gasteiger partial charge on any atom is 0.295 e. The predicted molar refractivity (Wildman–Crippen MR) is 127 cm³/mol. The standard InChI is InChI=1S/C25H27ClN2O6/c1-32-19-5-3-4-18(24(19)33-2)21-20(22(29)16-6-8-17(26)9-7-16)23(30)25(31)28(21)11-10-27-12-14-34-15-13-27/h3-9,21,29H,10-15H2,1-2H3/t21-/m0/s1. The Morgan fingerprint density at radius 3 is 2.41 bits per heavy atom. The van der Waals surface area contributed by atoms with Gasteiger partial charge in [-0.2, -0.15) is 0 Å². The number of aliphatic hydroxyl groups excluding tert-OH is 1. The summed E-state index contributed by atoms with van der Waals surface area (Å²) in [6.45, 7) is 3.63. The smallest absolute Gasteiger partial charge is 0.295 e. The van der Waals surface area contributed by atoms with E-state index >= 15 is 0 Å². The molecule has 1 atom stereocenters. The van der Waals surface area contributed by atoms with Crippen LogP contribution in [0.5, 0.6) is 11.5 Å². The van der Waals surface area contributed by atoms with Crippen molar-refractivity contribution in [3.05, 3.63) is 64.2 Å². The Morgan fingerprint density at radius 1 is 1.06 bits per heavy atom. The Morgan fingerprint density at radius 2 is 1.76 bits per heavy atom. The summed E-state index contributed by atoms with van der Waals surface area (Å²) in [7, 11) is 3.02. The van der Waals surface area contributed by atoms with Gasteiger partial charge >= 0.3 is 0 Å². The number of morpholine rings is 1. The second-order valence-electron chi connectivity index (χ2n) is 8.04. The highest BCUT2D eigenvalue weighted by Crippen LogP contribution is 2.45. The summed E-state index contributed by atoms with van der Waals surface area (Å²) in [5.74, 6) is -0.817. The van der Waals surface area contributed by atoms with Gasteiger partial charge in [-0.3, -0.25) is 14.5 Å². The van der Waals surface area contributed by atoms with Crippen LogP contribution in [0.4, 0.5) is 0 Å². The molecular weight excluding hydrogens is 460 g/mol. The quantitative estimate of drug-likeness (QED) is 0.365. The first-order valence-electron chi connectivity index (χ1n) is 11.0. The molecule has 1 N–H and O–H groups in total. The van der Waals surface area contributed by atoms with Crippen LogP contribution in [-0.4, -0.2) is 80.2 Å². The van der Waals surface area contributed by atoms with E-state index < -0.39 is 17.7 Å². The molecule has 0 radical (unpaired) electrons. The molecule has 9 heteroatoms. The number of halogens is 1. The molecule has 2 aliphatic heterocycles. The number of hydrogen-bond donors (Lipinski definition) is 1. The van der Waals surface area contributed by atoms with Crippen LogP contribution < -0.4 is 9.47 Å². The number of benzene rings is 2. The zero-order valence-corrected chi connectivity index (χ0v) is 19.9. The van der Waals surface area contributed by atoms with E-state index in [0.29, 0.717) is 54.0 Å². The fourth-order valence-corrected chi connectivity index (χ4v) is 4.52. The molecule has 2 heterocycles. The Labute approximate surface area is 203 Å². The van der Waals surface area contributed by atoms with Crippen molar-refractivity contribution in [2.75, 3.05) is 53.6 Å². The highest BCUT2D eigenvalue weighted by atomic mass is 35.5. The third-order valence-corrected chi connectivity index (χ3v) is 6.40. The van der Waals surface area contributed by atoms with Crippen molar-refractivity contribution in [2.45, 2.75) is 6.04 Å². The lowest BCUT2D eigenvalue weighted by molar-refractivity contribution is -0.140. The minimum absolute atomic E-state index is 0.000790. The van der Waals surface area contributed by atoms with Crippen molar-refractivity contribution < 1.29 is 28.9 Å². The van der Waals surface area contributed by atoms with Crippen LogP contribution >= 0.6 is 11.6 Å². The molecule has 1 amide bonds. The molecule has 2 aliphatic rings. The Balaban J connectivity index is 1.81. The zero-order valence-electron chi connectivity index (χ0n) is 19.1. The Hall–Kier alpha value is -3.07. The van der Waals surface area contributed by atoms with Crippen molar-refractivity contribution in [2.24, 2.45) is 0 Å². The van der Waals surface area contributed by atoms with E-state index in [1.54, 1.807) is 42.5 Å². The summed E-state index contributed by atoms with van der Waals surface area (Å²) in [4.78, 5) is 30.1. The van der Waals surface area contributed by atoms with Gasteiger partial charge in [-0.25, -0.2) is 0 Å². The SMILES string of the molecule is COc1cccc([C@H]2C(=C(O)c3ccc(Cl)cc3)C(=O)C(=O)N2CCN2CCOCC2)c1OC. The highest BCUT2D eigenvalue weighted by Gasteiger charge is 2.47. The number of likely N-dealkylation sites (tertiary alicyclic amines) is 1. The van der Waals surface area contributed by atoms with Crippen molar-refractivity contribution in [1.29, 1.82) is 0 Å². The van der Waals surface area contributed by atoms with Crippen LogP contribution in [0.2, 0.25) is 5.02 Å². The van der Waals surface area contributed by atoms with Crippen molar-refractivity contribution in [1.82, 2.24) is 9.80 Å². The molecule has 0 saturated carbocycles. The molecule has 0 aromatic heterocycles. The van der Waals surface area contributed by atoms with Gasteiger partial charge in [0.2, 0.25) is 0 Å². The van der Waals surface area contributed by atoms with E-state index in [-0.39, 0.29) is 11.3 Å². The summed E-state index contributed by atoms with van der Waals surface area (Å²) in [6.07, 6.45) is 0. The van der Waals surface area contributed by atoms with Crippen LogP contribution in [0.3, 0.4) is 0 Å². The highest BCUT2D eigenvalue weighted by molar-refractivity contribution is 6.46. The van der Waals surface area contributed by atoms with Crippen molar-refractivity contribution in [3.8, 4) is 11.5 Å². The molecule has 2 aromatic rings. The van der Waals surface area contributed by atoms with E-state index in [9.17, 15) is 14.7 Å². The molecule has 4 rings (SSSR count). The number of nitrogens with zero attached hydrogens (tertiary/aromatic N) is 2. The molecule has 180 valence electrons. The molecule has 2 aromatic carbocycles. The van der Waals surface area contributed by atoms with Gasteiger partial charge < -0.3 is 24.2 Å². The largest absolute Gasteiger partial charge is 0.507 e. The van der Waals surface area contributed by atoms with Crippen LogP contribution in [0.1, 0.15) is 17.2 Å². The fraction of sp³-hybridized carbons (Fsp3) is 0.360. The number of methoxy groups -OCH3 is 2. The topological polar surface area (TPSA) is 88.5 Å². The lowest BCUT2D eigenvalue weighted by Crippen LogP contribution is -2.42. The number of aliphatic hydroxyl groups is 1. The number of rotatable bonds is 7. The number of ketones is 1. The van der Waals surface area contributed by atoms with Gasteiger partial charge in [-0.05, 0) is 30.3 Å². The van der Waals surface area contributed by atoms with Gasteiger partial charge in [-0.1, -0.05) is 23.7 Å². The van der Waals surface area contributed by atoms with E-state index in [1.807, 2.05) is 0 Å². The molecular formula is C25H27ClN2O6. The lowest BCUT2D eigenvalue weighted by atomic mass is 9.94. The first kappa shape index (κ1) is 24.1. The third kappa shape index (κ3) is 4.61. The van der Waals surface area contributed by atoms with Crippen LogP contribution in [0, 0.1) is 0 Å². The van der Waals surface area contributed by atoms with Crippen molar-refractivity contribution >= 4 is 29.1 Å². The monoisotopic (exact) mass is 486 g/mol. The Kier molecular flexibility index (Phi) is 7.41. The first-order chi connectivity index (χ1) is 16.5.